The van der Waals surface area contributed by atoms with Crippen LogP contribution in [0.25, 0.3) is 157 Å². The SMILES string of the molecule is CC1(C)c2ccccc2-c2ccc(-c3nc(-c4cccc(-c5ccc(-c6ccccc6)cc5)c4)nc(-c4cccc5c4Cc4ccccc4-5)n3)cc21.c1ccc(-c2ccc(-c3cccc(-c4nc(-c5ccc(-c6ccccc6)cc5)nc(-c5cccc6c5Cc5ccccc5-6)n4)c3)cc2)cc1. The van der Waals surface area contributed by atoms with Crippen LogP contribution in [0.4, 0.5) is 0 Å². The maximum Gasteiger partial charge on any atom is 0.164 e. The van der Waals surface area contributed by atoms with Gasteiger partial charge in [-0.05, 0) is 153 Å². The highest BCUT2D eigenvalue weighted by Gasteiger charge is 2.36. The Labute approximate surface area is 588 Å². The van der Waals surface area contributed by atoms with E-state index in [-0.39, 0.29) is 5.41 Å². The summed E-state index contributed by atoms with van der Waals surface area (Å²) in [5.74, 6) is 4.05. The number of rotatable bonds is 11. The molecule has 0 fully saturated rings. The van der Waals surface area contributed by atoms with Crippen LogP contribution in [0.5, 0.6) is 0 Å². The van der Waals surface area contributed by atoms with Gasteiger partial charge in [-0.25, -0.2) is 29.9 Å². The Kier molecular flexibility index (Phi) is 15.3. The fourth-order valence-electron chi connectivity index (χ4n) is 15.2. The van der Waals surface area contributed by atoms with Crippen molar-refractivity contribution in [1.82, 2.24) is 29.9 Å². The lowest BCUT2D eigenvalue weighted by molar-refractivity contribution is 0.660. The van der Waals surface area contributed by atoms with E-state index in [0.717, 1.165) is 74.0 Å². The summed E-state index contributed by atoms with van der Waals surface area (Å²) in [6.45, 7) is 4.63. The minimum Gasteiger partial charge on any atom is -0.208 e. The molecule has 6 nitrogen and oxygen atoms in total. The Morgan fingerprint density at radius 3 is 0.911 bits per heavy atom. The summed E-state index contributed by atoms with van der Waals surface area (Å²) in [7, 11) is 0. The normalized spacial score (nSPS) is 12.5. The van der Waals surface area contributed by atoms with Crippen molar-refractivity contribution in [2.45, 2.75) is 32.1 Å². The quantitative estimate of drug-likeness (QED) is 0.128. The van der Waals surface area contributed by atoms with Gasteiger partial charge in [-0.15, -0.1) is 0 Å². The van der Waals surface area contributed by atoms with Gasteiger partial charge in [0.1, 0.15) is 0 Å². The van der Waals surface area contributed by atoms with Crippen LogP contribution < -0.4 is 0 Å². The van der Waals surface area contributed by atoms with Gasteiger partial charge in [-0.3, -0.25) is 0 Å². The van der Waals surface area contributed by atoms with Gasteiger partial charge in [-0.2, -0.15) is 0 Å². The Balaban J connectivity index is 0.000000145. The standard InChI is InChI=1S/C49H35N3.C46H31N3/c1-49(2)44-21-9-8-18-40(44)41-27-26-37(30-45(41)49)47-50-46(51-48(52-47)42-20-11-19-39-38-17-7-6-14-35(38)29-43(39)42)36-16-10-15-34(28-36)33-24-22-32(23-25-33)31-12-4-3-5-13-31;1-3-11-31(12-4-1)33-21-23-35(24-22-33)37-16-9-17-39(29-37)45-47-44(36-27-25-34(26-28-36)32-13-5-2-6-14-32)48-46(49-45)42-20-10-19-41-40-18-8-7-15-38(40)30-43(41)42/h3-28,30H,29H2,1-2H3;1-29H,30H2. The van der Waals surface area contributed by atoms with Crippen molar-refractivity contribution >= 4 is 0 Å². The molecule has 0 spiro atoms. The van der Waals surface area contributed by atoms with E-state index < -0.39 is 0 Å². The van der Waals surface area contributed by atoms with Crippen LogP contribution in [-0.2, 0) is 18.3 Å². The van der Waals surface area contributed by atoms with E-state index in [2.05, 4.69) is 341 Å². The van der Waals surface area contributed by atoms with Crippen molar-refractivity contribution in [1.29, 1.82) is 0 Å². The predicted molar refractivity (Wildman–Crippen MR) is 413 cm³/mol. The van der Waals surface area contributed by atoms with Crippen LogP contribution in [0.3, 0.4) is 0 Å². The third-order valence-corrected chi connectivity index (χ3v) is 20.4. The molecule has 19 rings (SSSR count). The molecule has 0 saturated carbocycles. The van der Waals surface area contributed by atoms with E-state index in [9.17, 15) is 0 Å². The molecule has 0 N–H and O–H groups in total. The molecule has 0 saturated heterocycles. The van der Waals surface area contributed by atoms with Crippen LogP contribution >= 0.6 is 0 Å². The molecule has 14 aromatic carbocycles. The molecule has 0 aliphatic heterocycles. The number of fused-ring (bicyclic) bond motifs is 9. The second-order valence-corrected chi connectivity index (χ2v) is 26.9. The van der Waals surface area contributed by atoms with Crippen molar-refractivity contribution in [2.75, 3.05) is 0 Å². The van der Waals surface area contributed by atoms with Crippen molar-refractivity contribution in [3.8, 4) is 157 Å². The van der Waals surface area contributed by atoms with E-state index >= 15 is 0 Å². The molecule has 16 aromatic rings. The third-order valence-electron chi connectivity index (χ3n) is 20.4. The molecule has 0 amide bonds. The van der Waals surface area contributed by atoms with E-state index in [1.165, 1.54) is 94.6 Å². The molecule has 6 heteroatoms. The molecule has 476 valence electrons. The molecular weight excluding hydrogens is 1230 g/mol. The first-order valence-corrected chi connectivity index (χ1v) is 34.6. The van der Waals surface area contributed by atoms with E-state index in [0.29, 0.717) is 34.9 Å². The summed E-state index contributed by atoms with van der Waals surface area (Å²) in [5.41, 5.74) is 33.0. The number of benzene rings is 14. The van der Waals surface area contributed by atoms with Crippen LogP contribution in [0.15, 0.2) is 340 Å². The van der Waals surface area contributed by atoms with Gasteiger partial charge < -0.3 is 0 Å². The van der Waals surface area contributed by atoms with Crippen LogP contribution in [-0.4, -0.2) is 29.9 Å². The highest BCUT2D eigenvalue weighted by Crippen LogP contribution is 2.50. The first-order chi connectivity index (χ1) is 49.8. The summed E-state index contributed by atoms with van der Waals surface area (Å²) in [6, 6.07) is 120. The molecule has 3 aliphatic carbocycles. The Hall–Kier alpha value is -12.9. The summed E-state index contributed by atoms with van der Waals surface area (Å²) < 4.78 is 0. The summed E-state index contributed by atoms with van der Waals surface area (Å²) in [6.07, 6.45) is 1.72. The van der Waals surface area contributed by atoms with E-state index in [1.54, 1.807) is 0 Å². The highest BCUT2D eigenvalue weighted by molar-refractivity contribution is 5.88. The van der Waals surface area contributed by atoms with Gasteiger partial charge in [0.25, 0.3) is 0 Å². The first kappa shape index (κ1) is 60.5. The van der Waals surface area contributed by atoms with Gasteiger partial charge in [0.15, 0.2) is 34.9 Å². The summed E-state index contributed by atoms with van der Waals surface area (Å²) >= 11 is 0. The molecule has 3 aliphatic rings. The number of hydrogen-bond donors (Lipinski definition) is 0. The minimum atomic E-state index is -0.128. The lowest BCUT2D eigenvalue weighted by atomic mass is 9.82. The Morgan fingerprint density at radius 1 is 0.188 bits per heavy atom. The average molecular weight is 1290 g/mol. The van der Waals surface area contributed by atoms with Crippen LogP contribution in [0.2, 0.25) is 0 Å². The Morgan fingerprint density at radius 2 is 0.465 bits per heavy atom. The smallest absolute Gasteiger partial charge is 0.164 e. The maximum atomic E-state index is 5.26. The van der Waals surface area contributed by atoms with Gasteiger partial charge >= 0.3 is 0 Å². The van der Waals surface area contributed by atoms with Crippen LogP contribution in [0, 0.1) is 0 Å². The fourth-order valence-corrected chi connectivity index (χ4v) is 15.2. The van der Waals surface area contributed by atoms with Crippen molar-refractivity contribution in [2.24, 2.45) is 0 Å². The molecule has 101 heavy (non-hydrogen) atoms. The monoisotopic (exact) mass is 1290 g/mol. The molecule has 0 unspecified atom stereocenters. The van der Waals surface area contributed by atoms with Gasteiger partial charge in [0.2, 0.25) is 0 Å². The highest BCUT2D eigenvalue weighted by atomic mass is 15.0. The predicted octanol–water partition coefficient (Wildman–Crippen LogP) is 23.5. The second kappa shape index (κ2) is 25.5. The zero-order valence-corrected chi connectivity index (χ0v) is 55.9. The average Bonchev–Trinajstić information content (AvgIpc) is 1.59. The summed E-state index contributed by atoms with van der Waals surface area (Å²) in [5, 5.41) is 0. The van der Waals surface area contributed by atoms with Crippen molar-refractivity contribution in [3.63, 3.8) is 0 Å². The fraction of sp³-hybridized carbons (Fsp3) is 0.0526. The largest absolute Gasteiger partial charge is 0.208 e. The summed E-state index contributed by atoms with van der Waals surface area (Å²) in [4.78, 5) is 31.1. The van der Waals surface area contributed by atoms with E-state index in [1.807, 2.05) is 12.1 Å². The maximum absolute atomic E-state index is 5.26. The topological polar surface area (TPSA) is 77.3 Å². The van der Waals surface area contributed by atoms with Gasteiger partial charge in [0, 0.05) is 38.8 Å². The zero-order valence-electron chi connectivity index (χ0n) is 55.9. The number of aromatic nitrogens is 6. The molecule has 0 radical (unpaired) electrons. The molecule has 0 atom stereocenters. The third kappa shape index (κ3) is 11.4. The van der Waals surface area contributed by atoms with Crippen molar-refractivity contribution in [3.05, 3.63) is 373 Å². The Bertz CT molecular complexity index is 5830. The first-order valence-electron chi connectivity index (χ1n) is 34.6. The van der Waals surface area contributed by atoms with Crippen LogP contribution in [0.1, 0.15) is 47.2 Å². The van der Waals surface area contributed by atoms with Gasteiger partial charge in [-0.1, -0.05) is 335 Å². The molecule has 2 heterocycles. The number of hydrogen-bond acceptors (Lipinski definition) is 6. The molecule has 0 bridgehead atoms. The lowest BCUT2D eigenvalue weighted by Crippen LogP contribution is -2.15. The second-order valence-electron chi connectivity index (χ2n) is 26.9. The van der Waals surface area contributed by atoms with E-state index in [4.69, 9.17) is 29.9 Å². The van der Waals surface area contributed by atoms with Gasteiger partial charge in [0.05, 0.1) is 0 Å². The molecular formula is C95H66N6. The zero-order chi connectivity index (χ0) is 67.4. The lowest BCUT2D eigenvalue weighted by Gasteiger charge is -2.21. The minimum absolute atomic E-state index is 0.128. The van der Waals surface area contributed by atoms with Crippen molar-refractivity contribution < 1.29 is 0 Å². The molecule has 2 aromatic heterocycles. The number of nitrogens with zero attached hydrogens (tertiary/aromatic N) is 6.